The van der Waals surface area contributed by atoms with Gasteiger partial charge in [0.25, 0.3) is 0 Å². The van der Waals surface area contributed by atoms with Gasteiger partial charge in [-0.2, -0.15) is 0 Å². The van der Waals surface area contributed by atoms with E-state index in [9.17, 15) is 0 Å². The lowest BCUT2D eigenvalue weighted by atomic mass is 9.84. The van der Waals surface area contributed by atoms with Crippen LogP contribution in [0.2, 0.25) is 0 Å². The molecule has 0 aromatic carbocycles. The summed E-state index contributed by atoms with van der Waals surface area (Å²) in [6.07, 6.45) is 0. The van der Waals surface area contributed by atoms with Gasteiger partial charge in [0.05, 0.1) is 26.4 Å². The van der Waals surface area contributed by atoms with Crippen LogP contribution < -0.4 is 10.5 Å². The van der Waals surface area contributed by atoms with Crippen LogP contribution in [0.25, 0.3) is 0 Å². The Morgan fingerprint density at radius 1 is 1.18 bits per heavy atom. The molecule has 3 rings (SSSR count). The molecule has 0 amide bonds. The number of anilines is 1. The predicted octanol–water partition coefficient (Wildman–Crippen LogP) is 1.13. The molecule has 0 unspecified atom stereocenters. The highest BCUT2D eigenvalue weighted by molar-refractivity contribution is 6.61. The van der Waals surface area contributed by atoms with Crippen LogP contribution in [0.15, 0.2) is 18.1 Å². The van der Waals surface area contributed by atoms with Crippen molar-refractivity contribution in [1.82, 2.24) is 9.88 Å². The minimum absolute atomic E-state index is 0.114. The number of aromatic nitrogens is 1. The summed E-state index contributed by atoms with van der Waals surface area (Å²) >= 11 is 0. The van der Waals surface area contributed by atoms with Crippen molar-refractivity contribution >= 4 is 18.5 Å². The summed E-state index contributed by atoms with van der Waals surface area (Å²) in [5.74, 6) is -1.02. The molecule has 3 heterocycles. The number of hydrogen-bond donors (Lipinski definition) is 0. The van der Waals surface area contributed by atoms with Crippen LogP contribution in [-0.4, -0.2) is 61.2 Å². The van der Waals surface area contributed by atoms with Gasteiger partial charge in [-0.05, 0) is 46.8 Å². The Kier molecular flexibility index (Phi) is 1.52. The summed E-state index contributed by atoms with van der Waals surface area (Å²) in [7, 11) is -1.40. The fourth-order valence-electron chi connectivity index (χ4n) is 1.86. The maximum Gasteiger partial charge on any atom is 0.514 e. The van der Waals surface area contributed by atoms with Crippen LogP contribution in [0.5, 0.6) is 0 Å². The molecule has 2 aliphatic rings. The van der Waals surface area contributed by atoms with Gasteiger partial charge < -0.3 is 19.1 Å². The lowest BCUT2D eigenvalue weighted by molar-refractivity contribution is 0.00578. The molecule has 2 aliphatic heterocycles. The van der Waals surface area contributed by atoms with Crippen LogP contribution >= 0.6 is 0 Å². The third kappa shape index (κ3) is 2.87. The summed E-state index contributed by atoms with van der Waals surface area (Å²) in [6, 6.07) is -2.49. The minimum atomic E-state index is -3.69. The Morgan fingerprint density at radius 3 is 2.41 bits per heavy atom. The molecular formula is C16H26BN3O2. The Morgan fingerprint density at radius 2 is 1.82 bits per heavy atom. The molecule has 6 heteroatoms. The monoisotopic (exact) mass is 317 g/mol. The van der Waals surface area contributed by atoms with E-state index >= 15 is 0 Å². The van der Waals surface area contributed by atoms with E-state index in [1.807, 2.05) is 0 Å². The summed E-state index contributed by atoms with van der Waals surface area (Å²) in [5, 5.41) is 0. The van der Waals surface area contributed by atoms with E-state index in [0.717, 1.165) is 0 Å². The van der Waals surface area contributed by atoms with Gasteiger partial charge >= 0.3 is 7.12 Å². The fraction of sp³-hybridized carbons (Fsp3) is 0.688. The van der Waals surface area contributed by atoms with Gasteiger partial charge in [-0.15, -0.1) is 0 Å². The molecule has 0 bridgehead atoms. The molecule has 2 fully saturated rings. The zero-order chi connectivity index (χ0) is 28.2. The standard InChI is InChI=1S/C16H26BN3O2/c1-15(2)16(3,4)22-17(21-15)13-7-6-8-14(18-13)20-11-9-19(5)10-12-20/h6-8H,9-12H2,1-5H3/i5D3,6D,7D,8D,9D2,10D2,11D2,12D2. The van der Waals surface area contributed by atoms with E-state index in [0.29, 0.717) is 0 Å². The van der Waals surface area contributed by atoms with Crippen LogP contribution in [-0.2, 0) is 9.31 Å². The fourth-order valence-corrected chi connectivity index (χ4v) is 1.86. The SMILES string of the molecule is [2H]c1c(B2OC(C)(C)C(C)(C)O2)nc(N2C([2H])([2H])C([2H])([2H])N(C([2H])([2H])[2H])C([2H])([2H])C2([2H])[2H])c([2H])c1[2H]. The van der Waals surface area contributed by atoms with Crippen molar-refractivity contribution < 1.29 is 28.5 Å². The van der Waals surface area contributed by atoms with Crippen molar-refractivity contribution in [3.8, 4) is 0 Å². The molecule has 0 radical (unpaired) electrons. The molecule has 0 saturated carbocycles. The Labute approximate surface area is 153 Å². The van der Waals surface area contributed by atoms with Crippen LogP contribution in [0.3, 0.4) is 0 Å². The minimum Gasteiger partial charge on any atom is -0.398 e. The van der Waals surface area contributed by atoms with Crippen LogP contribution in [0.4, 0.5) is 5.82 Å². The topological polar surface area (TPSA) is 37.8 Å². The zero-order valence-electron chi connectivity index (χ0n) is 26.7. The normalized spacial score (nSPS) is 43.8. The summed E-state index contributed by atoms with van der Waals surface area (Å²) in [5.41, 5.74) is -2.30. The molecule has 1 aromatic rings. The maximum absolute atomic E-state index is 8.42. The number of piperazine rings is 1. The number of hydrogen-bond acceptors (Lipinski definition) is 5. The highest BCUT2D eigenvalue weighted by Gasteiger charge is 2.52. The van der Waals surface area contributed by atoms with Crippen molar-refractivity contribution in [3.05, 3.63) is 18.1 Å². The van der Waals surface area contributed by atoms with E-state index in [2.05, 4.69) is 4.98 Å². The molecule has 22 heavy (non-hydrogen) atoms. The van der Waals surface area contributed by atoms with Crippen molar-refractivity contribution in [1.29, 1.82) is 0 Å². The molecule has 120 valence electrons. The zero-order valence-corrected chi connectivity index (χ0v) is 12.7. The van der Waals surface area contributed by atoms with Gasteiger partial charge in [0.15, 0.2) is 0 Å². The second-order valence-electron chi connectivity index (χ2n) is 5.90. The first-order valence-electron chi connectivity index (χ1n) is 13.7. The Balaban J connectivity index is 2.31. The van der Waals surface area contributed by atoms with Crippen LogP contribution in [0.1, 0.15) is 46.9 Å². The van der Waals surface area contributed by atoms with Gasteiger partial charge in [0, 0.05) is 35.6 Å². The quantitative estimate of drug-likeness (QED) is 0.765. The second-order valence-corrected chi connectivity index (χ2v) is 5.90. The summed E-state index contributed by atoms with van der Waals surface area (Å²) < 4.78 is 126. The van der Waals surface area contributed by atoms with Gasteiger partial charge in [-0.3, -0.25) is 0 Å². The van der Waals surface area contributed by atoms with E-state index in [-0.39, 0.29) is 4.90 Å². The Bertz CT molecular complexity index is 1030. The molecule has 0 aliphatic carbocycles. The molecule has 2 saturated heterocycles. The average molecular weight is 317 g/mol. The highest BCUT2D eigenvalue weighted by Crippen LogP contribution is 2.36. The van der Waals surface area contributed by atoms with E-state index in [4.69, 9.17) is 28.5 Å². The van der Waals surface area contributed by atoms with Gasteiger partial charge in [0.2, 0.25) is 0 Å². The van der Waals surface area contributed by atoms with E-state index < -0.39 is 85.7 Å². The third-order valence-electron chi connectivity index (χ3n) is 3.83. The second kappa shape index (κ2) is 5.51. The first-order valence-corrected chi connectivity index (χ1v) is 6.71. The maximum atomic E-state index is 8.42. The van der Waals surface area contributed by atoms with Crippen molar-refractivity contribution in [3.63, 3.8) is 0 Å². The lowest BCUT2D eigenvalue weighted by Crippen LogP contribution is -2.46. The molecule has 5 nitrogen and oxygen atoms in total. The van der Waals surface area contributed by atoms with E-state index in [1.165, 1.54) is 0 Å². The molecular weight excluding hydrogens is 277 g/mol. The summed E-state index contributed by atoms with van der Waals surface area (Å²) in [4.78, 5) is 3.38. The Hall–Kier alpha value is -1.11. The molecule has 1 aromatic heterocycles. The van der Waals surface area contributed by atoms with Gasteiger partial charge in [0.1, 0.15) is 5.82 Å². The number of nitrogens with zero attached hydrogens (tertiary/aromatic N) is 3. The molecule has 0 spiro atoms. The number of rotatable bonds is 2. The predicted molar refractivity (Wildman–Crippen MR) is 89.7 cm³/mol. The number of pyridine rings is 1. The average Bonchev–Trinajstić information content (AvgIpc) is 2.85. The van der Waals surface area contributed by atoms with Crippen molar-refractivity contribution in [2.24, 2.45) is 0 Å². The van der Waals surface area contributed by atoms with Gasteiger partial charge in [-0.25, -0.2) is 4.98 Å². The van der Waals surface area contributed by atoms with Crippen molar-refractivity contribution in [2.45, 2.75) is 38.9 Å². The molecule has 0 atom stereocenters. The van der Waals surface area contributed by atoms with Crippen molar-refractivity contribution in [2.75, 3.05) is 37.9 Å². The van der Waals surface area contributed by atoms with Crippen LogP contribution in [0, 0.1) is 0 Å². The van der Waals surface area contributed by atoms with Gasteiger partial charge in [-0.1, -0.05) is 6.04 Å². The summed E-state index contributed by atoms with van der Waals surface area (Å²) in [6.45, 7) is -11.5. The number of likely N-dealkylation sites (N-methyl/N-ethyl adjacent to an activating group) is 1. The largest absolute Gasteiger partial charge is 0.514 e. The first-order chi connectivity index (χ1) is 15.8. The molecule has 0 N–H and O–H groups in total. The highest BCUT2D eigenvalue weighted by atomic mass is 16.7. The smallest absolute Gasteiger partial charge is 0.398 e. The van der Waals surface area contributed by atoms with E-state index in [1.54, 1.807) is 27.7 Å². The first kappa shape index (κ1) is 6.08. The lowest BCUT2D eigenvalue weighted by Gasteiger charge is -2.33. The third-order valence-corrected chi connectivity index (χ3v) is 3.83.